The Kier molecular flexibility index (Phi) is 52.4. The van der Waals surface area contributed by atoms with Gasteiger partial charge >= 0.3 is 17.9 Å². The maximum absolute atomic E-state index is 12.8. The molecule has 0 aromatic heterocycles. The summed E-state index contributed by atoms with van der Waals surface area (Å²) in [6.45, 7) is 6.52. The summed E-state index contributed by atoms with van der Waals surface area (Å²) in [6, 6.07) is 0. The van der Waals surface area contributed by atoms with Crippen LogP contribution in [0.2, 0.25) is 0 Å². The third-order valence-electron chi connectivity index (χ3n) is 11.8. The molecule has 0 aromatic carbocycles. The normalized spacial score (nSPS) is 12.7. The number of carbonyl (C=O) groups excluding carboxylic acids is 3. The summed E-state index contributed by atoms with van der Waals surface area (Å²) in [7, 11) is 0. The van der Waals surface area contributed by atoms with E-state index in [2.05, 4.69) is 106 Å². The Morgan fingerprint density at radius 2 is 0.537 bits per heavy atom. The number of unbranched alkanes of at least 4 members (excludes halogenated alkanes) is 25. The molecule has 0 fully saturated rings. The Bertz CT molecular complexity index is 1300. The van der Waals surface area contributed by atoms with Crippen molar-refractivity contribution in [2.45, 2.75) is 271 Å². The lowest BCUT2D eigenvalue weighted by atomic mass is 10.1. The number of carbonyl (C=O) groups is 3. The summed E-state index contributed by atoms with van der Waals surface area (Å²) >= 11 is 0. The first-order valence-corrected chi connectivity index (χ1v) is 28.1. The maximum Gasteiger partial charge on any atom is 0.306 e. The van der Waals surface area contributed by atoms with E-state index >= 15 is 0 Å². The van der Waals surface area contributed by atoms with Gasteiger partial charge in [-0.3, -0.25) is 14.4 Å². The van der Waals surface area contributed by atoms with Crippen LogP contribution in [0.25, 0.3) is 0 Å². The average Bonchev–Trinajstić information content (AvgIpc) is 3.33. The molecule has 384 valence electrons. The van der Waals surface area contributed by atoms with Crippen LogP contribution < -0.4 is 0 Å². The molecular weight excluding hydrogens is 829 g/mol. The minimum atomic E-state index is -0.813. The van der Waals surface area contributed by atoms with E-state index < -0.39 is 6.10 Å². The van der Waals surface area contributed by atoms with Gasteiger partial charge in [0.2, 0.25) is 0 Å². The van der Waals surface area contributed by atoms with E-state index in [9.17, 15) is 14.4 Å². The van der Waals surface area contributed by atoms with Gasteiger partial charge in [0.05, 0.1) is 0 Å². The van der Waals surface area contributed by atoms with Crippen LogP contribution in [0.1, 0.15) is 265 Å². The Balaban J connectivity index is 4.47. The van der Waals surface area contributed by atoms with Crippen molar-refractivity contribution >= 4 is 17.9 Å². The van der Waals surface area contributed by atoms with Gasteiger partial charge < -0.3 is 14.2 Å². The standard InChI is InChI=1S/C61H104O6/c1-4-7-10-13-16-19-22-25-28-29-30-31-34-36-39-42-45-48-51-54-60(63)66-57-58(67-61(64)55-52-49-46-43-40-37-33-27-24-21-18-15-12-9-6-3)56-65-59(62)53-50-47-44-41-38-35-32-26-23-20-17-14-11-8-5-2/h17-18,20-21,25-28,32-33,38,40-41,43,58H,4-16,19,22-24,29-31,34-37,39,42,44-57H2,1-3H3/b20-17-,21-18-,28-25-,32-26-,33-27-,41-38-,43-40-/t58-/m1/s1. The molecule has 0 unspecified atom stereocenters. The second-order valence-corrected chi connectivity index (χ2v) is 18.5. The molecule has 0 amide bonds. The second-order valence-electron chi connectivity index (χ2n) is 18.5. The van der Waals surface area contributed by atoms with Crippen molar-refractivity contribution < 1.29 is 28.6 Å². The number of hydrogen-bond donors (Lipinski definition) is 0. The van der Waals surface area contributed by atoms with E-state index in [4.69, 9.17) is 14.2 Å². The van der Waals surface area contributed by atoms with Gasteiger partial charge in [-0.2, -0.15) is 0 Å². The maximum atomic E-state index is 12.8. The minimum Gasteiger partial charge on any atom is -0.462 e. The van der Waals surface area contributed by atoms with Crippen LogP contribution in [-0.4, -0.2) is 37.2 Å². The van der Waals surface area contributed by atoms with E-state index in [1.807, 2.05) is 0 Å². The van der Waals surface area contributed by atoms with Gasteiger partial charge in [0.1, 0.15) is 13.2 Å². The third kappa shape index (κ3) is 53.4. The minimum absolute atomic E-state index is 0.105. The zero-order valence-electron chi connectivity index (χ0n) is 43.9. The molecule has 0 aromatic rings. The highest BCUT2D eigenvalue weighted by molar-refractivity contribution is 5.71. The van der Waals surface area contributed by atoms with E-state index in [1.165, 1.54) is 141 Å². The van der Waals surface area contributed by atoms with Crippen molar-refractivity contribution in [3.8, 4) is 0 Å². The molecule has 0 spiro atoms. The summed E-state index contributed by atoms with van der Waals surface area (Å²) < 4.78 is 16.8. The predicted octanol–water partition coefficient (Wildman–Crippen LogP) is 18.8. The summed E-state index contributed by atoms with van der Waals surface area (Å²) in [5.41, 5.74) is 0. The molecule has 0 N–H and O–H groups in total. The second kappa shape index (κ2) is 55.2. The lowest BCUT2D eigenvalue weighted by Gasteiger charge is -2.18. The fraction of sp³-hybridized carbons (Fsp3) is 0.721. The molecule has 67 heavy (non-hydrogen) atoms. The monoisotopic (exact) mass is 933 g/mol. The smallest absolute Gasteiger partial charge is 0.306 e. The van der Waals surface area contributed by atoms with Gasteiger partial charge in [0, 0.05) is 19.3 Å². The van der Waals surface area contributed by atoms with Gasteiger partial charge in [-0.15, -0.1) is 0 Å². The Labute approximate surface area is 414 Å². The molecule has 6 nitrogen and oxygen atoms in total. The van der Waals surface area contributed by atoms with Crippen molar-refractivity contribution in [1.82, 2.24) is 0 Å². The molecule has 1 atom stereocenters. The van der Waals surface area contributed by atoms with Gasteiger partial charge in [0.25, 0.3) is 0 Å². The fourth-order valence-corrected chi connectivity index (χ4v) is 7.57. The number of rotatable bonds is 50. The highest BCUT2D eigenvalue weighted by atomic mass is 16.6. The van der Waals surface area contributed by atoms with Crippen LogP contribution in [0.15, 0.2) is 85.1 Å². The van der Waals surface area contributed by atoms with Gasteiger partial charge in [-0.05, 0) is 122 Å². The lowest BCUT2D eigenvalue weighted by molar-refractivity contribution is -0.167. The zero-order chi connectivity index (χ0) is 48.6. The van der Waals surface area contributed by atoms with E-state index in [0.29, 0.717) is 19.3 Å². The quantitative estimate of drug-likeness (QED) is 0.0262. The van der Waals surface area contributed by atoms with Crippen molar-refractivity contribution in [1.29, 1.82) is 0 Å². The highest BCUT2D eigenvalue weighted by Gasteiger charge is 2.19. The largest absolute Gasteiger partial charge is 0.462 e. The Morgan fingerprint density at radius 3 is 0.910 bits per heavy atom. The third-order valence-corrected chi connectivity index (χ3v) is 11.8. The fourth-order valence-electron chi connectivity index (χ4n) is 7.57. The van der Waals surface area contributed by atoms with Gasteiger partial charge in [-0.1, -0.05) is 209 Å². The number of esters is 3. The topological polar surface area (TPSA) is 78.9 Å². The van der Waals surface area contributed by atoms with Gasteiger partial charge in [0.15, 0.2) is 6.10 Å². The average molecular weight is 933 g/mol. The van der Waals surface area contributed by atoms with Crippen LogP contribution >= 0.6 is 0 Å². The molecule has 0 bridgehead atoms. The Morgan fingerprint density at radius 1 is 0.299 bits per heavy atom. The van der Waals surface area contributed by atoms with Crippen molar-refractivity contribution in [2.75, 3.05) is 13.2 Å². The SMILES string of the molecule is CCCCC/C=C\C/C=C\C/C=C\CCCCC(=O)OC[C@H](COC(=O)CCCCCCCCCCC/C=C\CCCCCCCC)OC(=O)CCCC/C=C\C/C=C\C/C=C\CCCCC. The summed E-state index contributed by atoms with van der Waals surface area (Å²) in [6.07, 6.45) is 71.4. The molecule has 0 aliphatic carbocycles. The summed E-state index contributed by atoms with van der Waals surface area (Å²) in [5.74, 6) is -0.983. The van der Waals surface area contributed by atoms with Crippen LogP contribution in [0.5, 0.6) is 0 Å². The number of allylic oxidation sites excluding steroid dienone is 14. The number of ether oxygens (including phenoxy) is 3. The predicted molar refractivity (Wildman–Crippen MR) is 288 cm³/mol. The van der Waals surface area contributed by atoms with Crippen LogP contribution in [0.4, 0.5) is 0 Å². The van der Waals surface area contributed by atoms with Crippen molar-refractivity contribution in [3.63, 3.8) is 0 Å². The molecular formula is C61H104O6. The molecule has 0 heterocycles. The first-order chi connectivity index (χ1) is 33.0. The first kappa shape index (κ1) is 63.6. The Hall–Kier alpha value is -3.41. The molecule has 0 radical (unpaired) electrons. The van der Waals surface area contributed by atoms with E-state index in [0.717, 1.165) is 77.0 Å². The van der Waals surface area contributed by atoms with Crippen molar-refractivity contribution in [3.05, 3.63) is 85.1 Å². The van der Waals surface area contributed by atoms with Crippen LogP contribution in [0.3, 0.4) is 0 Å². The molecule has 0 aliphatic rings. The highest BCUT2D eigenvalue weighted by Crippen LogP contribution is 2.14. The van der Waals surface area contributed by atoms with E-state index in [1.54, 1.807) is 0 Å². The van der Waals surface area contributed by atoms with Crippen LogP contribution in [-0.2, 0) is 28.6 Å². The van der Waals surface area contributed by atoms with E-state index in [-0.39, 0.29) is 37.5 Å². The number of hydrogen-bond acceptors (Lipinski definition) is 6. The molecule has 0 rings (SSSR count). The van der Waals surface area contributed by atoms with Gasteiger partial charge in [-0.25, -0.2) is 0 Å². The van der Waals surface area contributed by atoms with Crippen LogP contribution in [0, 0.1) is 0 Å². The molecule has 0 aliphatic heterocycles. The van der Waals surface area contributed by atoms with Crippen molar-refractivity contribution in [2.24, 2.45) is 0 Å². The summed E-state index contributed by atoms with van der Waals surface area (Å²) in [5, 5.41) is 0. The summed E-state index contributed by atoms with van der Waals surface area (Å²) in [4.78, 5) is 38.1. The zero-order valence-corrected chi connectivity index (χ0v) is 43.9. The lowest BCUT2D eigenvalue weighted by Crippen LogP contribution is -2.30. The molecule has 6 heteroatoms. The molecule has 0 saturated heterocycles. The first-order valence-electron chi connectivity index (χ1n) is 28.1. The molecule has 0 saturated carbocycles.